The number of nitrogen functional groups attached to an aromatic ring is 1. The number of benzene rings is 1. The number of nitrogens with two attached hydrogens (primary N) is 1. The summed E-state index contributed by atoms with van der Waals surface area (Å²) in [5, 5.41) is 9.39. The van der Waals surface area contributed by atoms with Crippen LogP contribution in [0.25, 0.3) is 5.57 Å². The Kier molecular flexibility index (Phi) is 4.97. The fourth-order valence-electron chi connectivity index (χ4n) is 3.00. The van der Waals surface area contributed by atoms with E-state index in [1.807, 2.05) is 20.8 Å². The molecule has 5 heteroatoms. The number of hydrogen-bond donors (Lipinski definition) is 2. The first kappa shape index (κ1) is 17.3. The second-order valence-corrected chi connectivity index (χ2v) is 7.17. The molecule has 1 unspecified atom stereocenters. The van der Waals surface area contributed by atoms with Crippen molar-refractivity contribution in [2.45, 2.75) is 45.6 Å². The molecule has 0 saturated heterocycles. The Hall–Kier alpha value is -2.04. The van der Waals surface area contributed by atoms with Crippen LogP contribution < -0.4 is 5.73 Å². The summed E-state index contributed by atoms with van der Waals surface area (Å²) >= 11 is 0. The van der Waals surface area contributed by atoms with Crippen molar-refractivity contribution in [3.8, 4) is 0 Å². The molecule has 3 N–H and O–H groups in total. The van der Waals surface area contributed by atoms with E-state index in [-0.39, 0.29) is 11.7 Å². The molecule has 23 heavy (non-hydrogen) atoms. The minimum Gasteiger partial charge on any atom is -0.465 e. The summed E-state index contributed by atoms with van der Waals surface area (Å²) in [5.41, 5.74) is 7.92. The molecule has 1 aliphatic carbocycles. The summed E-state index contributed by atoms with van der Waals surface area (Å²) in [7, 11) is 0. The molecule has 4 nitrogen and oxygen atoms in total. The second kappa shape index (κ2) is 6.60. The summed E-state index contributed by atoms with van der Waals surface area (Å²) in [6, 6.07) is 4.42. The minimum atomic E-state index is -0.887. The standard InChI is InChI=1S/C18H25FN2O2/c1-18(2,3)21(17(22)23)11-12-4-6-13(7-5-12)15-10-14(19)8-9-16(15)20/h6,8-10,12H,4-5,7,11,20H2,1-3H3,(H,22,23). The lowest BCUT2D eigenvalue weighted by Crippen LogP contribution is -2.47. The lowest BCUT2D eigenvalue weighted by molar-refractivity contribution is 0.0875. The molecular weight excluding hydrogens is 295 g/mol. The Bertz CT molecular complexity index is 620. The molecular formula is C18H25FN2O2. The average Bonchev–Trinajstić information content (AvgIpc) is 2.46. The number of anilines is 1. The van der Waals surface area contributed by atoms with E-state index in [1.54, 1.807) is 6.07 Å². The first-order valence-electron chi connectivity index (χ1n) is 7.93. The van der Waals surface area contributed by atoms with E-state index in [4.69, 9.17) is 5.73 Å². The third kappa shape index (κ3) is 4.24. The zero-order valence-corrected chi connectivity index (χ0v) is 14.0. The lowest BCUT2D eigenvalue weighted by Gasteiger charge is -2.36. The van der Waals surface area contributed by atoms with Gasteiger partial charge < -0.3 is 15.7 Å². The molecule has 0 aliphatic heterocycles. The summed E-state index contributed by atoms with van der Waals surface area (Å²) in [5.74, 6) is -0.00846. The highest BCUT2D eigenvalue weighted by molar-refractivity contribution is 5.75. The number of amides is 1. The topological polar surface area (TPSA) is 66.6 Å². The highest BCUT2D eigenvalue weighted by Gasteiger charge is 2.29. The second-order valence-electron chi connectivity index (χ2n) is 7.17. The van der Waals surface area contributed by atoms with Gasteiger partial charge in [-0.3, -0.25) is 0 Å². The van der Waals surface area contributed by atoms with Gasteiger partial charge in [0.05, 0.1) is 0 Å². The van der Waals surface area contributed by atoms with Gasteiger partial charge in [-0.1, -0.05) is 6.08 Å². The summed E-state index contributed by atoms with van der Waals surface area (Å²) in [4.78, 5) is 12.9. The predicted octanol–water partition coefficient (Wildman–Crippen LogP) is 4.37. The molecule has 0 fully saturated rings. The van der Waals surface area contributed by atoms with Crippen molar-refractivity contribution in [3.63, 3.8) is 0 Å². The molecule has 2 rings (SSSR count). The van der Waals surface area contributed by atoms with E-state index in [9.17, 15) is 14.3 Å². The van der Waals surface area contributed by atoms with Gasteiger partial charge in [0, 0.05) is 23.3 Å². The number of carbonyl (C=O) groups is 1. The Morgan fingerprint density at radius 3 is 2.65 bits per heavy atom. The summed E-state index contributed by atoms with van der Waals surface area (Å²) in [6.07, 6.45) is 3.63. The monoisotopic (exact) mass is 320 g/mol. The molecule has 0 bridgehead atoms. The molecule has 126 valence electrons. The highest BCUT2D eigenvalue weighted by atomic mass is 19.1. The van der Waals surface area contributed by atoms with E-state index in [2.05, 4.69) is 6.08 Å². The molecule has 0 aromatic heterocycles. The third-order valence-corrected chi connectivity index (χ3v) is 4.36. The van der Waals surface area contributed by atoms with Crippen LogP contribution in [0.5, 0.6) is 0 Å². The Morgan fingerprint density at radius 2 is 2.13 bits per heavy atom. The maximum Gasteiger partial charge on any atom is 0.407 e. The first-order valence-corrected chi connectivity index (χ1v) is 7.93. The largest absolute Gasteiger partial charge is 0.465 e. The van der Waals surface area contributed by atoms with Gasteiger partial charge in [-0.15, -0.1) is 0 Å². The van der Waals surface area contributed by atoms with Crippen LogP contribution in [0.1, 0.15) is 45.6 Å². The lowest BCUT2D eigenvalue weighted by atomic mass is 9.85. The Morgan fingerprint density at radius 1 is 1.43 bits per heavy atom. The van der Waals surface area contributed by atoms with E-state index in [0.29, 0.717) is 12.2 Å². The van der Waals surface area contributed by atoms with E-state index >= 15 is 0 Å². The van der Waals surface area contributed by atoms with Crippen molar-refractivity contribution in [1.29, 1.82) is 0 Å². The zero-order chi connectivity index (χ0) is 17.2. The molecule has 1 aromatic carbocycles. The van der Waals surface area contributed by atoms with Crippen LogP contribution in [0.4, 0.5) is 14.9 Å². The van der Waals surface area contributed by atoms with Crippen molar-refractivity contribution in [2.24, 2.45) is 5.92 Å². The average molecular weight is 320 g/mol. The highest BCUT2D eigenvalue weighted by Crippen LogP contribution is 2.34. The summed E-state index contributed by atoms with van der Waals surface area (Å²) in [6.45, 7) is 6.22. The Labute approximate surface area is 136 Å². The predicted molar refractivity (Wildman–Crippen MR) is 90.6 cm³/mol. The zero-order valence-electron chi connectivity index (χ0n) is 14.0. The van der Waals surface area contributed by atoms with E-state index in [0.717, 1.165) is 30.4 Å². The van der Waals surface area contributed by atoms with E-state index in [1.165, 1.54) is 17.0 Å². The molecule has 1 aliphatic rings. The molecule has 1 atom stereocenters. The van der Waals surface area contributed by atoms with Crippen molar-refractivity contribution in [2.75, 3.05) is 12.3 Å². The number of allylic oxidation sites excluding steroid dienone is 2. The molecule has 0 saturated carbocycles. The van der Waals surface area contributed by atoms with Crippen LogP contribution in [0.15, 0.2) is 24.3 Å². The molecule has 0 radical (unpaired) electrons. The molecule has 1 amide bonds. The number of nitrogens with zero attached hydrogens (tertiary/aromatic N) is 1. The van der Waals surface area contributed by atoms with Gasteiger partial charge in [0.15, 0.2) is 0 Å². The van der Waals surface area contributed by atoms with E-state index < -0.39 is 11.6 Å². The van der Waals surface area contributed by atoms with Crippen molar-refractivity contribution in [1.82, 2.24) is 4.90 Å². The van der Waals surface area contributed by atoms with Gasteiger partial charge in [0.1, 0.15) is 5.82 Å². The fraction of sp³-hybridized carbons (Fsp3) is 0.500. The quantitative estimate of drug-likeness (QED) is 0.813. The van der Waals surface area contributed by atoms with Gasteiger partial charge in [-0.05, 0) is 69.7 Å². The number of rotatable bonds is 3. The molecule has 1 aromatic rings. The SMILES string of the molecule is CC(C)(C)N(CC1CC=C(c2cc(F)ccc2N)CC1)C(=O)O. The number of halogens is 1. The van der Waals surface area contributed by atoms with Crippen LogP contribution in [0.2, 0.25) is 0 Å². The van der Waals surface area contributed by atoms with Gasteiger partial charge in [0.25, 0.3) is 0 Å². The van der Waals surface area contributed by atoms with Crippen LogP contribution in [-0.2, 0) is 0 Å². The Balaban J connectivity index is 2.09. The normalized spacial score (nSPS) is 18.4. The maximum absolute atomic E-state index is 13.4. The van der Waals surface area contributed by atoms with Crippen molar-refractivity contribution >= 4 is 17.4 Å². The van der Waals surface area contributed by atoms with Crippen LogP contribution in [-0.4, -0.2) is 28.2 Å². The number of hydrogen-bond acceptors (Lipinski definition) is 2. The van der Waals surface area contributed by atoms with Crippen LogP contribution >= 0.6 is 0 Å². The molecule has 0 spiro atoms. The minimum absolute atomic E-state index is 0.281. The van der Waals surface area contributed by atoms with Crippen molar-refractivity contribution in [3.05, 3.63) is 35.7 Å². The maximum atomic E-state index is 13.4. The van der Waals surface area contributed by atoms with Gasteiger partial charge in [0.2, 0.25) is 0 Å². The van der Waals surface area contributed by atoms with Crippen molar-refractivity contribution < 1.29 is 14.3 Å². The fourth-order valence-corrected chi connectivity index (χ4v) is 3.00. The summed E-state index contributed by atoms with van der Waals surface area (Å²) < 4.78 is 13.4. The van der Waals surface area contributed by atoms with Gasteiger partial charge in [-0.2, -0.15) is 0 Å². The van der Waals surface area contributed by atoms with Crippen LogP contribution in [0, 0.1) is 11.7 Å². The number of carboxylic acid groups (broad SMARTS) is 1. The van der Waals surface area contributed by atoms with Crippen LogP contribution in [0.3, 0.4) is 0 Å². The molecule has 0 heterocycles. The van der Waals surface area contributed by atoms with Gasteiger partial charge >= 0.3 is 6.09 Å². The third-order valence-electron chi connectivity index (χ3n) is 4.36. The smallest absolute Gasteiger partial charge is 0.407 e. The van der Waals surface area contributed by atoms with Gasteiger partial charge in [-0.25, -0.2) is 9.18 Å². The first-order chi connectivity index (χ1) is 10.7.